The third kappa shape index (κ3) is 10.4. The number of piperidine rings is 2. The number of nitrogens with zero attached hydrogens (tertiary/aromatic N) is 2. The van der Waals surface area contributed by atoms with Gasteiger partial charge in [-0.25, -0.2) is 35.0 Å². The van der Waals surface area contributed by atoms with E-state index in [1.54, 1.807) is 28.6 Å². The Bertz CT molecular complexity index is 1810. The van der Waals surface area contributed by atoms with Gasteiger partial charge in [-0.2, -0.15) is 0 Å². The molecule has 5 rings (SSSR count). The van der Waals surface area contributed by atoms with E-state index in [0.717, 1.165) is 38.5 Å². The zero-order chi connectivity index (χ0) is 37.1. The molecule has 2 aliphatic rings. The van der Waals surface area contributed by atoms with Crippen molar-refractivity contribution in [3.8, 4) is 11.5 Å². The number of hydrogen-bond donors (Lipinski definition) is 3. The van der Waals surface area contributed by atoms with Crippen molar-refractivity contribution in [3.05, 3.63) is 36.1 Å². The van der Waals surface area contributed by atoms with E-state index in [-0.39, 0.29) is 65.2 Å². The average molecular weight is 764 g/mol. The van der Waals surface area contributed by atoms with Crippen LogP contribution in [-0.4, -0.2) is 107 Å². The number of carbonyl (C=O) groups excluding carboxylic acids is 3. The first-order chi connectivity index (χ1) is 25.0. The maximum absolute atomic E-state index is 12.9. The second kappa shape index (κ2) is 18.3. The van der Waals surface area contributed by atoms with E-state index in [0.29, 0.717) is 62.8 Å². The molecule has 0 aliphatic carbocycles. The number of nitrogens with one attached hydrogen (secondary N) is 3. The fourth-order valence-electron chi connectivity index (χ4n) is 6.42. The Morgan fingerprint density at radius 2 is 1.23 bits per heavy atom. The van der Waals surface area contributed by atoms with Crippen molar-refractivity contribution in [2.24, 2.45) is 0 Å². The molecule has 3 N–H and O–H groups in total. The molecule has 2 aromatic carbocycles. The Kier molecular flexibility index (Phi) is 13.9. The fourth-order valence-corrected chi connectivity index (χ4v) is 9.53. The molecule has 3 aromatic rings. The SMILES string of the molecule is CC(=O)c1cc2c(OC(=O)NCCNCCS(=O)(=O)N3CCCCC3)c3ccccc3c(OC(=O)NCCCCCS(=O)(=O)N3CCCCC3)c2o1. The Morgan fingerprint density at radius 1 is 0.673 bits per heavy atom. The molecule has 0 bridgehead atoms. The number of carbonyl (C=O) groups is 3. The van der Waals surface area contributed by atoms with Gasteiger partial charge in [0.05, 0.1) is 16.9 Å². The Hall–Kier alpha value is -3.77. The third-order valence-electron chi connectivity index (χ3n) is 9.21. The summed E-state index contributed by atoms with van der Waals surface area (Å²) in [5.41, 5.74) is 0.0429. The maximum Gasteiger partial charge on any atom is 0.412 e. The van der Waals surface area contributed by atoms with Gasteiger partial charge >= 0.3 is 12.2 Å². The highest BCUT2D eigenvalue weighted by Gasteiger charge is 2.26. The summed E-state index contributed by atoms with van der Waals surface area (Å²) in [5.74, 6) is -0.219. The molecular weight excluding hydrogens is 715 g/mol. The lowest BCUT2D eigenvalue weighted by Gasteiger charge is -2.25. The van der Waals surface area contributed by atoms with Crippen LogP contribution in [0.4, 0.5) is 9.59 Å². The van der Waals surface area contributed by atoms with Crippen molar-refractivity contribution in [2.75, 3.05) is 63.9 Å². The molecule has 0 saturated carbocycles. The second-order valence-electron chi connectivity index (χ2n) is 13.1. The molecule has 3 heterocycles. The van der Waals surface area contributed by atoms with Crippen LogP contribution in [0.15, 0.2) is 34.7 Å². The number of unbranched alkanes of at least 4 members (excludes halogenated alkanes) is 2. The van der Waals surface area contributed by atoms with E-state index in [4.69, 9.17) is 13.9 Å². The standard InChI is InChI=1S/C35H49N5O10S2/c1-26(41)30-25-29-31(49-35(43)38-17-16-36-18-24-52(46,47)40-21-10-4-11-22-40)27-13-5-6-14-28(27)32(33(29)48-30)50-34(42)37-15-7-2-12-23-51(44,45)39-19-8-3-9-20-39/h5-6,13-14,25,36H,2-4,7-12,15-24H2,1H3,(H,37,42)(H,38,43). The minimum absolute atomic E-state index is 0.0240. The molecule has 0 unspecified atom stereocenters. The van der Waals surface area contributed by atoms with Gasteiger partial charge in [0.25, 0.3) is 0 Å². The van der Waals surface area contributed by atoms with Gasteiger partial charge in [-0.15, -0.1) is 0 Å². The highest BCUT2D eigenvalue weighted by molar-refractivity contribution is 7.89. The lowest BCUT2D eigenvalue weighted by molar-refractivity contribution is 0.0989. The Balaban J connectivity index is 1.17. The Labute approximate surface area is 304 Å². The van der Waals surface area contributed by atoms with Crippen LogP contribution in [0.3, 0.4) is 0 Å². The molecule has 0 spiro atoms. The number of Topliss-reactive ketones (excluding diaryl/α,β-unsaturated/α-hetero) is 1. The molecule has 286 valence electrons. The van der Waals surface area contributed by atoms with E-state index < -0.39 is 32.2 Å². The van der Waals surface area contributed by atoms with Crippen LogP contribution >= 0.6 is 0 Å². The molecule has 17 heteroatoms. The number of furan rings is 1. The largest absolute Gasteiger partial charge is 0.449 e. The normalized spacial score (nSPS) is 16.2. The van der Waals surface area contributed by atoms with Crippen LogP contribution in [-0.2, 0) is 20.0 Å². The summed E-state index contributed by atoms with van der Waals surface area (Å²) >= 11 is 0. The van der Waals surface area contributed by atoms with Crippen molar-refractivity contribution in [1.29, 1.82) is 0 Å². The highest BCUT2D eigenvalue weighted by Crippen LogP contribution is 2.44. The zero-order valence-electron chi connectivity index (χ0n) is 29.6. The number of ketones is 1. The van der Waals surface area contributed by atoms with Crippen LogP contribution in [0.2, 0.25) is 0 Å². The molecule has 1 aromatic heterocycles. The summed E-state index contributed by atoms with van der Waals surface area (Å²) in [6.45, 7) is 4.54. The molecule has 2 amide bonds. The van der Waals surface area contributed by atoms with Gasteiger partial charge in [-0.3, -0.25) is 4.79 Å². The second-order valence-corrected chi connectivity index (χ2v) is 17.3. The monoisotopic (exact) mass is 763 g/mol. The van der Waals surface area contributed by atoms with E-state index in [2.05, 4.69) is 16.0 Å². The van der Waals surface area contributed by atoms with Crippen molar-refractivity contribution in [3.63, 3.8) is 0 Å². The topological polar surface area (TPSA) is 194 Å². The number of ether oxygens (including phenoxy) is 2. The number of benzene rings is 2. The molecule has 52 heavy (non-hydrogen) atoms. The van der Waals surface area contributed by atoms with E-state index >= 15 is 0 Å². The van der Waals surface area contributed by atoms with Crippen LogP contribution in [0, 0.1) is 0 Å². The van der Waals surface area contributed by atoms with Crippen LogP contribution < -0.4 is 25.4 Å². The lowest BCUT2D eigenvalue weighted by atomic mass is 10.1. The summed E-state index contributed by atoms with van der Waals surface area (Å²) in [6, 6.07) is 8.22. The third-order valence-corrected chi connectivity index (χ3v) is 13.0. The van der Waals surface area contributed by atoms with Crippen LogP contribution in [0.1, 0.15) is 75.3 Å². The first-order valence-corrected chi connectivity index (χ1v) is 21.2. The van der Waals surface area contributed by atoms with Gasteiger partial charge in [-0.05, 0) is 44.6 Å². The predicted octanol–water partition coefficient (Wildman–Crippen LogP) is 4.36. The average Bonchev–Trinajstić information content (AvgIpc) is 3.59. The number of amides is 2. The van der Waals surface area contributed by atoms with Gasteiger partial charge in [0, 0.05) is 70.1 Å². The quantitative estimate of drug-likeness (QED) is 0.131. The zero-order valence-corrected chi connectivity index (χ0v) is 31.2. The minimum atomic E-state index is -3.33. The molecule has 2 fully saturated rings. The number of fused-ring (bicyclic) bond motifs is 2. The van der Waals surface area contributed by atoms with Crippen molar-refractivity contribution in [2.45, 2.75) is 64.7 Å². The summed E-state index contributed by atoms with van der Waals surface area (Å²) in [6.07, 6.45) is 5.70. The fraction of sp³-hybridized carbons (Fsp3) is 0.571. The maximum atomic E-state index is 12.9. The van der Waals surface area contributed by atoms with E-state index in [1.807, 2.05) is 0 Å². The van der Waals surface area contributed by atoms with Crippen molar-refractivity contribution >= 4 is 59.8 Å². The highest BCUT2D eigenvalue weighted by atomic mass is 32.2. The lowest BCUT2D eigenvalue weighted by Crippen LogP contribution is -2.40. The Morgan fingerprint density at radius 3 is 1.85 bits per heavy atom. The molecule has 0 radical (unpaired) electrons. The van der Waals surface area contributed by atoms with E-state index in [9.17, 15) is 31.2 Å². The van der Waals surface area contributed by atoms with Crippen LogP contribution in [0.25, 0.3) is 21.7 Å². The summed E-state index contributed by atoms with van der Waals surface area (Å²) < 4.78 is 70.7. The molecule has 15 nitrogen and oxygen atoms in total. The van der Waals surface area contributed by atoms with Gasteiger partial charge in [-0.1, -0.05) is 43.5 Å². The first-order valence-electron chi connectivity index (χ1n) is 18.0. The first kappa shape index (κ1) is 39.4. The molecule has 2 saturated heterocycles. The smallest absolute Gasteiger partial charge is 0.412 e. The minimum Gasteiger partial charge on any atom is -0.449 e. The van der Waals surface area contributed by atoms with Gasteiger partial charge in [0.2, 0.25) is 20.0 Å². The number of sulfonamides is 2. The summed E-state index contributed by atoms with van der Waals surface area (Å²) in [4.78, 5) is 38.2. The van der Waals surface area contributed by atoms with Gasteiger partial charge < -0.3 is 29.8 Å². The van der Waals surface area contributed by atoms with E-state index in [1.165, 1.54) is 17.3 Å². The van der Waals surface area contributed by atoms with Crippen molar-refractivity contribution in [1.82, 2.24) is 24.6 Å². The van der Waals surface area contributed by atoms with Crippen molar-refractivity contribution < 1.29 is 45.1 Å². The summed E-state index contributed by atoms with van der Waals surface area (Å²) in [5, 5.41) is 9.45. The van der Waals surface area contributed by atoms with Gasteiger partial charge in [0.1, 0.15) is 0 Å². The molecular formula is C35H49N5O10S2. The number of hydrogen-bond acceptors (Lipinski definition) is 11. The summed E-state index contributed by atoms with van der Waals surface area (Å²) in [7, 11) is -6.60. The predicted molar refractivity (Wildman–Crippen MR) is 197 cm³/mol. The molecule has 2 aliphatic heterocycles. The van der Waals surface area contributed by atoms with Gasteiger partial charge in [0.15, 0.2) is 28.6 Å². The number of rotatable bonds is 17. The van der Waals surface area contributed by atoms with Crippen LogP contribution in [0.5, 0.6) is 11.5 Å². The molecule has 0 atom stereocenters.